The second kappa shape index (κ2) is 6.89. The van der Waals surface area contributed by atoms with Crippen molar-refractivity contribution in [3.8, 4) is 11.5 Å². The monoisotopic (exact) mass is 318 g/mol. The van der Waals surface area contributed by atoms with Crippen LogP contribution in [-0.4, -0.2) is 30.9 Å². The van der Waals surface area contributed by atoms with E-state index in [0.29, 0.717) is 32.1 Å². The maximum Gasteiger partial charge on any atom is 0.264 e. The average Bonchev–Trinajstić information content (AvgIpc) is 2.93. The van der Waals surface area contributed by atoms with E-state index < -0.39 is 6.10 Å². The number of amides is 1. The van der Waals surface area contributed by atoms with E-state index in [9.17, 15) is 4.79 Å². The summed E-state index contributed by atoms with van der Waals surface area (Å²) in [5, 5.41) is 6.87. The minimum atomic E-state index is -0.521. The van der Waals surface area contributed by atoms with Crippen LogP contribution in [-0.2, 0) is 16.2 Å². The molecule has 1 amide bonds. The number of carbonyl (C=O) groups is 1. The molecule has 124 valence electrons. The van der Waals surface area contributed by atoms with E-state index in [2.05, 4.69) is 10.5 Å². The first kappa shape index (κ1) is 15.6. The van der Waals surface area contributed by atoms with Crippen molar-refractivity contribution in [2.45, 2.75) is 39.3 Å². The lowest BCUT2D eigenvalue weighted by atomic mass is 10.0. The normalized spacial score (nSPS) is 19.8. The van der Waals surface area contributed by atoms with Gasteiger partial charge >= 0.3 is 0 Å². The number of ether oxygens (including phenoxy) is 2. The predicted molar refractivity (Wildman–Crippen MR) is 85.7 cm³/mol. The van der Waals surface area contributed by atoms with Crippen LogP contribution in [0.4, 0.5) is 0 Å². The van der Waals surface area contributed by atoms with E-state index in [4.69, 9.17) is 14.3 Å². The Labute approximate surface area is 135 Å². The zero-order valence-electron chi connectivity index (χ0n) is 13.5. The summed E-state index contributed by atoms with van der Waals surface area (Å²) in [7, 11) is 0. The van der Waals surface area contributed by atoms with Gasteiger partial charge in [-0.25, -0.2) is 0 Å². The lowest BCUT2D eigenvalue weighted by Crippen LogP contribution is -2.34. The molecule has 2 aliphatic heterocycles. The minimum Gasteiger partial charge on any atom is -0.490 e. The topological polar surface area (TPSA) is 69.2 Å². The van der Waals surface area contributed by atoms with Crippen molar-refractivity contribution in [1.29, 1.82) is 0 Å². The summed E-state index contributed by atoms with van der Waals surface area (Å²) in [6.07, 6.45) is 0.913. The Bertz CT molecular complexity index is 613. The van der Waals surface area contributed by atoms with Crippen molar-refractivity contribution in [1.82, 2.24) is 5.32 Å². The summed E-state index contributed by atoms with van der Waals surface area (Å²) in [6, 6.07) is 5.72. The SMILES string of the molecule is CC(C)C1=NO[C@@H](C(=O)NCc2ccc3c(c2)OCCCO3)C1. The standard InChI is InChI=1S/C17H22N2O4/c1-11(2)13-9-16(23-19-13)17(20)18-10-12-4-5-14-15(8-12)22-7-3-6-21-14/h4-5,8,11,16H,3,6-7,9-10H2,1-2H3,(H,18,20)/t16-/m1/s1. The Morgan fingerprint density at radius 1 is 1.30 bits per heavy atom. The molecule has 0 saturated carbocycles. The minimum absolute atomic E-state index is 0.142. The molecule has 2 aliphatic rings. The second-order valence-electron chi connectivity index (χ2n) is 6.08. The number of nitrogens with zero attached hydrogens (tertiary/aromatic N) is 1. The van der Waals surface area contributed by atoms with Crippen molar-refractivity contribution >= 4 is 11.6 Å². The average molecular weight is 318 g/mol. The van der Waals surface area contributed by atoms with Crippen molar-refractivity contribution in [3.05, 3.63) is 23.8 Å². The molecular weight excluding hydrogens is 296 g/mol. The quantitative estimate of drug-likeness (QED) is 0.924. The molecule has 0 spiro atoms. The molecule has 2 heterocycles. The third-order valence-corrected chi connectivity index (χ3v) is 3.93. The Hall–Kier alpha value is -2.24. The zero-order valence-corrected chi connectivity index (χ0v) is 13.5. The predicted octanol–water partition coefficient (Wildman–Crippen LogP) is 2.27. The summed E-state index contributed by atoms with van der Waals surface area (Å²) in [6.45, 7) is 5.82. The third-order valence-electron chi connectivity index (χ3n) is 3.93. The second-order valence-corrected chi connectivity index (χ2v) is 6.08. The van der Waals surface area contributed by atoms with Crippen molar-refractivity contribution < 1.29 is 19.1 Å². The lowest BCUT2D eigenvalue weighted by Gasteiger charge is -2.12. The van der Waals surface area contributed by atoms with Crippen LogP contribution in [0.5, 0.6) is 11.5 Å². The van der Waals surface area contributed by atoms with Crippen molar-refractivity contribution in [3.63, 3.8) is 0 Å². The van der Waals surface area contributed by atoms with Crippen molar-refractivity contribution in [2.24, 2.45) is 11.1 Å². The Balaban J connectivity index is 1.54. The van der Waals surface area contributed by atoms with Crippen LogP contribution in [0.2, 0.25) is 0 Å². The van der Waals surface area contributed by atoms with Crippen LogP contribution in [0, 0.1) is 5.92 Å². The molecule has 1 aromatic carbocycles. The summed E-state index contributed by atoms with van der Waals surface area (Å²) in [5.74, 6) is 1.65. The molecule has 0 aliphatic carbocycles. The fraction of sp³-hybridized carbons (Fsp3) is 0.529. The highest BCUT2D eigenvalue weighted by molar-refractivity contribution is 5.93. The number of carbonyl (C=O) groups excluding carboxylic acids is 1. The third kappa shape index (κ3) is 3.75. The molecule has 0 saturated heterocycles. The molecule has 1 N–H and O–H groups in total. The summed E-state index contributed by atoms with van der Waals surface area (Å²) in [4.78, 5) is 17.4. The molecule has 0 aromatic heterocycles. The molecule has 0 unspecified atom stereocenters. The van der Waals surface area contributed by atoms with E-state index in [1.54, 1.807) is 0 Å². The molecule has 0 radical (unpaired) electrons. The van der Waals surface area contributed by atoms with Gasteiger partial charge in [0.2, 0.25) is 6.10 Å². The number of hydrogen-bond donors (Lipinski definition) is 1. The first-order valence-electron chi connectivity index (χ1n) is 8.02. The van der Waals surface area contributed by atoms with Crippen LogP contribution in [0.3, 0.4) is 0 Å². The first-order valence-corrected chi connectivity index (χ1v) is 8.02. The maximum absolute atomic E-state index is 12.2. The first-order chi connectivity index (χ1) is 11.1. The molecule has 6 nitrogen and oxygen atoms in total. The summed E-state index contributed by atoms with van der Waals surface area (Å²) >= 11 is 0. The zero-order chi connectivity index (χ0) is 16.2. The van der Waals surface area contributed by atoms with Gasteiger partial charge in [-0.2, -0.15) is 0 Å². The van der Waals surface area contributed by atoms with E-state index in [1.807, 2.05) is 32.0 Å². The highest BCUT2D eigenvalue weighted by Gasteiger charge is 2.29. The lowest BCUT2D eigenvalue weighted by molar-refractivity contribution is -0.131. The summed E-state index contributed by atoms with van der Waals surface area (Å²) in [5.41, 5.74) is 1.89. The number of hydrogen-bond acceptors (Lipinski definition) is 5. The van der Waals surface area contributed by atoms with Crippen LogP contribution < -0.4 is 14.8 Å². The van der Waals surface area contributed by atoms with Gasteiger partial charge in [0.15, 0.2) is 11.5 Å². The van der Waals surface area contributed by atoms with Crippen LogP contribution in [0.1, 0.15) is 32.3 Å². The fourth-order valence-corrected chi connectivity index (χ4v) is 2.50. The van der Waals surface area contributed by atoms with Gasteiger partial charge in [0.25, 0.3) is 5.91 Å². The molecule has 6 heteroatoms. The van der Waals surface area contributed by atoms with Crippen LogP contribution in [0.25, 0.3) is 0 Å². The Morgan fingerprint density at radius 3 is 2.83 bits per heavy atom. The largest absolute Gasteiger partial charge is 0.490 e. The Morgan fingerprint density at radius 2 is 2.09 bits per heavy atom. The van der Waals surface area contributed by atoms with Gasteiger partial charge in [0, 0.05) is 19.4 Å². The molecule has 3 rings (SSSR count). The molecule has 0 bridgehead atoms. The van der Waals surface area contributed by atoms with Gasteiger partial charge < -0.3 is 19.6 Å². The number of fused-ring (bicyclic) bond motifs is 1. The van der Waals surface area contributed by atoms with Gasteiger partial charge in [-0.3, -0.25) is 4.79 Å². The number of rotatable bonds is 4. The maximum atomic E-state index is 12.2. The van der Waals surface area contributed by atoms with E-state index in [1.165, 1.54) is 0 Å². The van der Waals surface area contributed by atoms with Crippen molar-refractivity contribution in [2.75, 3.05) is 13.2 Å². The number of oxime groups is 1. The van der Waals surface area contributed by atoms with E-state index in [0.717, 1.165) is 29.2 Å². The molecule has 23 heavy (non-hydrogen) atoms. The van der Waals surface area contributed by atoms with Gasteiger partial charge in [0.05, 0.1) is 18.9 Å². The smallest absolute Gasteiger partial charge is 0.264 e. The van der Waals surface area contributed by atoms with E-state index >= 15 is 0 Å². The Kier molecular flexibility index (Phi) is 4.69. The van der Waals surface area contributed by atoms with Crippen LogP contribution >= 0.6 is 0 Å². The highest BCUT2D eigenvalue weighted by atomic mass is 16.6. The van der Waals surface area contributed by atoms with E-state index in [-0.39, 0.29) is 5.91 Å². The van der Waals surface area contributed by atoms with Gasteiger partial charge in [-0.1, -0.05) is 25.1 Å². The number of benzene rings is 1. The van der Waals surface area contributed by atoms with Crippen LogP contribution in [0.15, 0.2) is 23.4 Å². The molecule has 0 fully saturated rings. The fourth-order valence-electron chi connectivity index (χ4n) is 2.50. The molecular formula is C17H22N2O4. The van der Waals surface area contributed by atoms with Gasteiger partial charge in [-0.05, 0) is 23.6 Å². The number of nitrogens with one attached hydrogen (secondary N) is 1. The van der Waals surface area contributed by atoms with Gasteiger partial charge in [0.1, 0.15) is 0 Å². The van der Waals surface area contributed by atoms with Gasteiger partial charge in [-0.15, -0.1) is 0 Å². The molecule has 1 atom stereocenters. The molecule has 1 aromatic rings. The highest BCUT2D eigenvalue weighted by Crippen LogP contribution is 2.30. The summed E-state index contributed by atoms with van der Waals surface area (Å²) < 4.78 is 11.3.